The summed E-state index contributed by atoms with van der Waals surface area (Å²) in [5.74, 6) is -0.0817. The molecule has 0 aliphatic carbocycles. The quantitative estimate of drug-likeness (QED) is 0.670. The zero-order valence-corrected chi connectivity index (χ0v) is 9.15. The van der Waals surface area contributed by atoms with E-state index in [0.29, 0.717) is 6.61 Å². The molecule has 0 radical (unpaired) electrons. The summed E-state index contributed by atoms with van der Waals surface area (Å²) < 4.78 is 15.2. The minimum atomic E-state index is -0.757. The number of ether oxygens (including phenoxy) is 1. The molecule has 4 nitrogen and oxygen atoms in total. The van der Waals surface area contributed by atoms with E-state index in [-0.39, 0.29) is 18.1 Å². The van der Waals surface area contributed by atoms with Gasteiger partial charge in [-0.25, -0.2) is 0 Å². The largest absolute Gasteiger partial charge is 0.368 e. The molecule has 0 amide bonds. The molecule has 6 unspecified atom stereocenters. The van der Waals surface area contributed by atoms with Crippen molar-refractivity contribution in [3.8, 4) is 0 Å². The SMILES string of the molecule is CC1C(O)OCC(OP)C1OP. The number of rotatable bonds is 2. The van der Waals surface area contributed by atoms with Gasteiger partial charge in [0.25, 0.3) is 0 Å². The standard InChI is InChI=1S/C6H14O4P2/c1-3-5(10-12)4(9-11)2-8-6(3)7/h3-7H,2,11-12H2,1H3. The number of aliphatic hydroxyl groups is 1. The van der Waals surface area contributed by atoms with Crippen LogP contribution in [0.3, 0.4) is 0 Å². The molecule has 6 atom stereocenters. The molecule has 1 fully saturated rings. The van der Waals surface area contributed by atoms with Crippen LogP contribution in [-0.4, -0.2) is 30.2 Å². The second kappa shape index (κ2) is 4.80. The third kappa shape index (κ3) is 2.14. The normalized spacial score (nSPS) is 43.0. The van der Waals surface area contributed by atoms with E-state index in [1.165, 1.54) is 0 Å². The first-order chi connectivity index (χ1) is 5.70. The molecule has 1 aliphatic heterocycles. The summed E-state index contributed by atoms with van der Waals surface area (Å²) >= 11 is 0. The Hall–Kier alpha value is 0.700. The fourth-order valence-electron chi connectivity index (χ4n) is 1.27. The van der Waals surface area contributed by atoms with E-state index in [2.05, 4.69) is 18.9 Å². The lowest BCUT2D eigenvalue weighted by Gasteiger charge is -2.37. The first kappa shape index (κ1) is 10.8. The van der Waals surface area contributed by atoms with Gasteiger partial charge >= 0.3 is 0 Å². The van der Waals surface area contributed by atoms with Crippen LogP contribution in [0.4, 0.5) is 0 Å². The van der Waals surface area contributed by atoms with E-state index in [0.717, 1.165) is 0 Å². The second-order valence-electron chi connectivity index (χ2n) is 2.86. The van der Waals surface area contributed by atoms with Crippen molar-refractivity contribution in [2.75, 3.05) is 6.61 Å². The van der Waals surface area contributed by atoms with Crippen molar-refractivity contribution in [3.05, 3.63) is 0 Å². The lowest BCUT2D eigenvalue weighted by Crippen LogP contribution is -2.48. The van der Waals surface area contributed by atoms with Crippen LogP contribution in [0.5, 0.6) is 0 Å². The fraction of sp³-hybridized carbons (Fsp3) is 1.00. The topological polar surface area (TPSA) is 47.9 Å². The molecule has 0 aromatic carbocycles. The predicted octanol–water partition coefficient (Wildman–Crippen LogP) is 0.322. The Bertz CT molecular complexity index is 144. The van der Waals surface area contributed by atoms with E-state index in [9.17, 15) is 5.11 Å². The number of aliphatic hydroxyl groups excluding tert-OH is 1. The van der Waals surface area contributed by atoms with Crippen LogP contribution < -0.4 is 0 Å². The van der Waals surface area contributed by atoms with Crippen LogP contribution in [0.2, 0.25) is 0 Å². The summed E-state index contributed by atoms with van der Waals surface area (Å²) in [5.41, 5.74) is 0. The van der Waals surface area contributed by atoms with Gasteiger partial charge in [-0.1, -0.05) is 6.92 Å². The van der Waals surface area contributed by atoms with Crippen molar-refractivity contribution in [2.45, 2.75) is 25.4 Å². The smallest absolute Gasteiger partial charge is 0.159 e. The zero-order valence-electron chi connectivity index (χ0n) is 6.84. The monoisotopic (exact) mass is 212 g/mol. The first-order valence-electron chi connectivity index (χ1n) is 3.71. The zero-order chi connectivity index (χ0) is 9.14. The predicted molar refractivity (Wildman–Crippen MR) is 50.3 cm³/mol. The lowest BCUT2D eigenvalue weighted by molar-refractivity contribution is -0.211. The minimum Gasteiger partial charge on any atom is -0.368 e. The van der Waals surface area contributed by atoms with Crippen LogP contribution in [0.15, 0.2) is 0 Å². The van der Waals surface area contributed by atoms with Crippen LogP contribution in [0.25, 0.3) is 0 Å². The average Bonchev–Trinajstić information content (AvgIpc) is 2.09. The van der Waals surface area contributed by atoms with Crippen LogP contribution >= 0.6 is 18.9 Å². The summed E-state index contributed by atoms with van der Waals surface area (Å²) in [7, 11) is 4.36. The van der Waals surface area contributed by atoms with E-state index in [1.807, 2.05) is 6.92 Å². The van der Waals surface area contributed by atoms with Gasteiger partial charge in [0.2, 0.25) is 0 Å². The van der Waals surface area contributed by atoms with Crippen LogP contribution in [0.1, 0.15) is 6.92 Å². The summed E-state index contributed by atoms with van der Waals surface area (Å²) in [5, 5.41) is 9.32. The van der Waals surface area contributed by atoms with Gasteiger partial charge < -0.3 is 18.9 Å². The van der Waals surface area contributed by atoms with Gasteiger partial charge in [-0.3, -0.25) is 0 Å². The van der Waals surface area contributed by atoms with Crippen LogP contribution in [0, 0.1) is 5.92 Å². The Morgan fingerprint density at radius 1 is 1.42 bits per heavy atom. The third-order valence-electron chi connectivity index (χ3n) is 2.10. The molecule has 1 saturated heterocycles. The van der Waals surface area contributed by atoms with Gasteiger partial charge in [0.1, 0.15) is 6.10 Å². The van der Waals surface area contributed by atoms with Gasteiger partial charge in [-0.15, -0.1) is 0 Å². The summed E-state index contributed by atoms with van der Waals surface area (Å²) in [6.07, 6.45) is -1.03. The molecule has 1 rings (SSSR count). The highest BCUT2D eigenvalue weighted by molar-refractivity contribution is 7.10. The van der Waals surface area contributed by atoms with Gasteiger partial charge in [-0.05, 0) is 0 Å². The maximum atomic E-state index is 9.32. The van der Waals surface area contributed by atoms with Crippen molar-refractivity contribution in [1.82, 2.24) is 0 Å². The molecule has 12 heavy (non-hydrogen) atoms. The lowest BCUT2D eigenvalue weighted by atomic mass is 9.97. The Morgan fingerprint density at radius 3 is 2.58 bits per heavy atom. The average molecular weight is 212 g/mol. The van der Waals surface area contributed by atoms with E-state index >= 15 is 0 Å². The molecule has 0 saturated carbocycles. The highest BCUT2D eigenvalue weighted by Crippen LogP contribution is 2.26. The molecule has 1 N–H and O–H groups in total. The summed E-state index contributed by atoms with van der Waals surface area (Å²) in [4.78, 5) is 0. The molecular weight excluding hydrogens is 198 g/mol. The van der Waals surface area contributed by atoms with Gasteiger partial charge in [0.05, 0.1) is 12.7 Å². The first-order valence-corrected chi connectivity index (χ1v) is 4.65. The third-order valence-corrected chi connectivity index (χ3v) is 2.76. The Balaban J connectivity index is 2.58. The van der Waals surface area contributed by atoms with Gasteiger partial charge in [0.15, 0.2) is 6.29 Å². The van der Waals surface area contributed by atoms with E-state index in [1.54, 1.807) is 0 Å². The van der Waals surface area contributed by atoms with Crippen molar-refractivity contribution in [3.63, 3.8) is 0 Å². The highest BCUT2D eigenvalue weighted by Gasteiger charge is 2.37. The van der Waals surface area contributed by atoms with Crippen molar-refractivity contribution in [1.29, 1.82) is 0 Å². The van der Waals surface area contributed by atoms with Crippen molar-refractivity contribution >= 4 is 18.9 Å². The number of hydrogen-bond acceptors (Lipinski definition) is 4. The molecule has 0 spiro atoms. The molecule has 6 heteroatoms. The molecule has 72 valence electrons. The molecule has 0 bridgehead atoms. The maximum absolute atomic E-state index is 9.32. The van der Waals surface area contributed by atoms with Crippen molar-refractivity contribution in [2.24, 2.45) is 5.92 Å². The summed E-state index contributed by atoms with van der Waals surface area (Å²) in [6.45, 7) is 2.21. The van der Waals surface area contributed by atoms with E-state index in [4.69, 9.17) is 13.8 Å². The van der Waals surface area contributed by atoms with Crippen LogP contribution in [-0.2, 0) is 13.8 Å². The molecular formula is C6H14O4P2. The maximum Gasteiger partial charge on any atom is 0.159 e. The molecule has 1 heterocycles. The Labute approximate surface area is 76.5 Å². The Morgan fingerprint density at radius 2 is 2.08 bits per heavy atom. The molecule has 0 aromatic rings. The fourth-order valence-corrected chi connectivity index (χ4v) is 1.93. The minimum absolute atomic E-state index is 0.0817. The van der Waals surface area contributed by atoms with Gasteiger partial charge in [0, 0.05) is 24.9 Å². The number of hydrogen-bond donors (Lipinski definition) is 1. The van der Waals surface area contributed by atoms with Crippen molar-refractivity contribution < 1.29 is 18.9 Å². The second-order valence-corrected chi connectivity index (χ2v) is 3.40. The molecule has 1 aliphatic rings. The Kier molecular flexibility index (Phi) is 4.31. The van der Waals surface area contributed by atoms with E-state index < -0.39 is 6.29 Å². The highest BCUT2D eigenvalue weighted by atomic mass is 31.0. The molecule has 0 aromatic heterocycles. The van der Waals surface area contributed by atoms with Gasteiger partial charge in [-0.2, -0.15) is 0 Å². The summed E-state index contributed by atoms with van der Waals surface area (Å²) in [6, 6.07) is 0.